The van der Waals surface area contributed by atoms with Gasteiger partial charge in [-0.2, -0.15) is 0 Å². The summed E-state index contributed by atoms with van der Waals surface area (Å²) in [5, 5.41) is 0. The topological polar surface area (TPSA) is 35.2 Å². The summed E-state index contributed by atoms with van der Waals surface area (Å²) in [6.45, 7) is 0.0485. The molecule has 2 N–H and O–H groups in total. The molecule has 0 saturated carbocycles. The molecule has 5 heteroatoms. The Morgan fingerprint density at radius 1 is 1.11 bits per heavy atom. The van der Waals surface area contributed by atoms with Gasteiger partial charge in [0.05, 0.1) is 0 Å². The number of halogens is 3. The van der Waals surface area contributed by atoms with E-state index >= 15 is 0 Å². The Labute approximate surface area is 118 Å². The van der Waals surface area contributed by atoms with Crippen LogP contribution in [0.25, 0.3) is 0 Å². The molecular formula is C14H12BrF2NO. The van der Waals surface area contributed by atoms with Crippen LogP contribution in [-0.4, -0.2) is 6.54 Å². The van der Waals surface area contributed by atoms with Gasteiger partial charge in [0.1, 0.15) is 11.9 Å². The Morgan fingerprint density at radius 2 is 1.84 bits per heavy atom. The molecule has 0 saturated heterocycles. The van der Waals surface area contributed by atoms with E-state index in [1.807, 2.05) is 0 Å². The Kier molecular flexibility index (Phi) is 4.50. The predicted molar refractivity (Wildman–Crippen MR) is 72.9 cm³/mol. The standard InChI is InChI=1S/C14H12BrF2NO/c15-9-5-6-12(17)13(7-9)19-14(8-18)10-3-1-2-4-11(10)16/h1-7,14H,8,18H2. The molecule has 19 heavy (non-hydrogen) atoms. The molecule has 0 aliphatic rings. The summed E-state index contributed by atoms with van der Waals surface area (Å²) < 4.78 is 33.4. The maximum Gasteiger partial charge on any atom is 0.165 e. The Hall–Kier alpha value is -1.46. The largest absolute Gasteiger partial charge is 0.481 e. The highest BCUT2D eigenvalue weighted by Gasteiger charge is 2.17. The van der Waals surface area contributed by atoms with Gasteiger partial charge in [0, 0.05) is 16.6 Å². The number of ether oxygens (including phenoxy) is 1. The summed E-state index contributed by atoms with van der Waals surface area (Å²) >= 11 is 3.23. The fourth-order valence-electron chi connectivity index (χ4n) is 1.70. The minimum absolute atomic E-state index is 0.0353. The number of hydrogen-bond acceptors (Lipinski definition) is 2. The van der Waals surface area contributed by atoms with Gasteiger partial charge in [0.15, 0.2) is 11.6 Å². The lowest BCUT2D eigenvalue weighted by Crippen LogP contribution is -2.20. The van der Waals surface area contributed by atoms with Crippen LogP contribution in [0.1, 0.15) is 11.7 Å². The van der Waals surface area contributed by atoms with E-state index in [0.717, 1.165) is 0 Å². The van der Waals surface area contributed by atoms with E-state index in [1.54, 1.807) is 24.3 Å². The molecule has 0 bridgehead atoms. The van der Waals surface area contributed by atoms with Crippen molar-refractivity contribution in [1.82, 2.24) is 0 Å². The van der Waals surface area contributed by atoms with Crippen LogP contribution in [0.15, 0.2) is 46.9 Å². The molecule has 1 atom stereocenters. The van der Waals surface area contributed by atoms with Crippen LogP contribution >= 0.6 is 15.9 Å². The van der Waals surface area contributed by atoms with E-state index in [1.165, 1.54) is 18.2 Å². The van der Waals surface area contributed by atoms with Gasteiger partial charge >= 0.3 is 0 Å². The third kappa shape index (κ3) is 3.30. The highest BCUT2D eigenvalue weighted by molar-refractivity contribution is 9.10. The molecule has 0 fully saturated rings. The molecule has 0 radical (unpaired) electrons. The normalized spacial score (nSPS) is 12.2. The molecule has 2 rings (SSSR count). The van der Waals surface area contributed by atoms with E-state index < -0.39 is 17.7 Å². The highest BCUT2D eigenvalue weighted by atomic mass is 79.9. The lowest BCUT2D eigenvalue weighted by Gasteiger charge is -2.19. The fraction of sp³-hybridized carbons (Fsp3) is 0.143. The Bertz CT molecular complexity index is 577. The van der Waals surface area contributed by atoms with Crippen molar-refractivity contribution in [1.29, 1.82) is 0 Å². The number of nitrogens with two attached hydrogens (primary N) is 1. The minimum atomic E-state index is -0.731. The predicted octanol–water partition coefficient (Wildman–Crippen LogP) is 3.81. The quantitative estimate of drug-likeness (QED) is 0.926. The molecular weight excluding hydrogens is 316 g/mol. The van der Waals surface area contributed by atoms with Crippen molar-refractivity contribution < 1.29 is 13.5 Å². The zero-order chi connectivity index (χ0) is 13.8. The van der Waals surface area contributed by atoms with E-state index in [-0.39, 0.29) is 12.3 Å². The first kappa shape index (κ1) is 14.0. The highest BCUT2D eigenvalue weighted by Crippen LogP contribution is 2.28. The first-order chi connectivity index (χ1) is 9.11. The summed E-state index contributed by atoms with van der Waals surface area (Å²) in [4.78, 5) is 0. The third-order valence-electron chi connectivity index (χ3n) is 2.63. The molecule has 2 nitrogen and oxygen atoms in total. The van der Waals surface area contributed by atoms with Crippen molar-refractivity contribution in [3.63, 3.8) is 0 Å². The summed E-state index contributed by atoms with van der Waals surface area (Å²) in [7, 11) is 0. The monoisotopic (exact) mass is 327 g/mol. The third-order valence-corrected chi connectivity index (χ3v) is 3.12. The SMILES string of the molecule is NCC(Oc1cc(Br)ccc1F)c1ccccc1F. The molecule has 100 valence electrons. The molecule has 0 spiro atoms. The number of benzene rings is 2. The lowest BCUT2D eigenvalue weighted by molar-refractivity contribution is 0.199. The maximum absolute atomic E-state index is 13.7. The summed E-state index contributed by atoms with van der Waals surface area (Å²) in [6.07, 6.45) is -0.731. The van der Waals surface area contributed by atoms with Gasteiger partial charge in [0.25, 0.3) is 0 Å². The second-order valence-electron chi connectivity index (χ2n) is 3.94. The average Bonchev–Trinajstić information content (AvgIpc) is 2.41. The van der Waals surface area contributed by atoms with Crippen LogP contribution in [0.5, 0.6) is 5.75 Å². The zero-order valence-corrected chi connectivity index (χ0v) is 11.5. The second-order valence-corrected chi connectivity index (χ2v) is 4.85. The van der Waals surface area contributed by atoms with E-state index in [2.05, 4.69) is 15.9 Å². The minimum Gasteiger partial charge on any atom is -0.481 e. The molecule has 0 heterocycles. The lowest BCUT2D eigenvalue weighted by atomic mass is 10.1. The Balaban J connectivity index is 2.29. The summed E-state index contributed by atoms with van der Waals surface area (Å²) in [5.41, 5.74) is 5.89. The van der Waals surface area contributed by atoms with Crippen LogP contribution in [0.4, 0.5) is 8.78 Å². The van der Waals surface area contributed by atoms with Crippen molar-refractivity contribution in [2.75, 3.05) is 6.54 Å². The van der Waals surface area contributed by atoms with E-state index in [0.29, 0.717) is 10.0 Å². The summed E-state index contributed by atoms with van der Waals surface area (Å²) in [6, 6.07) is 10.5. The van der Waals surface area contributed by atoms with Gasteiger partial charge in [-0.15, -0.1) is 0 Å². The van der Waals surface area contributed by atoms with Gasteiger partial charge in [-0.05, 0) is 24.3 Å². The molecule has 1 unspecified atom stereocenters. The van der Waals surface area contributed by atoms with Crippen molar-refractivity contribution in [2.24, 2.45) is 5.73 Å². The van der Waals surface area contributed by atoms with Crippen LogP contribution in [0.2, 0.25) is 0 Å². The van der Waals surface area contributed by atoms with Crippen molar-refractivity contribution in [3.05, 3.63) is 64.1 Å². The van der Waals surface area contributed by atoms with Crippen LogP contribution in [0, 0.1) is 11.6 Å². The van der Waals surface area contributed by atoms with Gasteiger partial charge in [-0.3, -0.25) is 0 Å². The molecule has 0 aliphatic heterocycles. The van der Waals surface area contributed by atoms with E-state index in [9.17, 15) is 8.78 Å². The molecule has 0 aromatic heterocycles. The molecule has 0 amide bonds. The van der Waals surface area contributed by atoms with Gasteiger partial charge < -0.3 is 10.5 Å². The Morgan fingerprint density at radius 3 is 2.53 bits per heavy atom. The first-order valence-electron chi connectivity index (χ1n) is 5.68. The fourth-order valence-corrected chi connectivity index (χ4v) is 2.04. The van der Waals surface area contributed by atoms with Crippen molar-refractivity contribution >= 4 is 15.9 Å². The first-order valence-corrected chi connectivity index (χ1v) is 6.47. The van der Waals surface area contributed by atoms with Gasteiger partial charge in [-0.25, -0.2) is 8.78 Å². The second kappa shape index (κ2) is 6.12. The smallest absolute Gasteiger partial charge is 0.165 e. The zero-order valence-electron chi connectivity index (χ0n) is 9.95. The maximum atomic E-state index is 13.7. The molecule has 2 aromatic rings. The van der Waals surface area contributed by atoms with Crippen molar-refractivity contribution in [2.45, 2.75) is 6.10 Å². The number of hydrogen-bond donors (Lipinski definition) is 1. The van der Waals surface area contributed by atoms with Crippen LogP contribution < -0.4 is 10.5 Å². The average molecular weight is 328 g/mol. The van der Waals surface area contributed by atoms with E-state index in [4.69, 9.17) is 10.5 Å². The van der Waals surface area contributed by atoms with Crippen molar-refractivity contribution in [3.8, 4) is 5.75 Å². The number of rotatable bonds is 4. The van der Waals surface area contributed by atoms with Gasteiger partial charge in [-0.1, -0.05) is 34.1 Å². The van der Waals surface area contributed by atoms with Crippen LogP contribution in [-0.2, 0) is 0 Å². The molecule has 2 aromatic carbocycles. The van der Waals surface area contributed by atoms with Gasteiger partial charge in [0.2, 0.25) is 0 Å². The summed E-state index contributed by atoms with van der Waals surface area (Å²) in [5.74, 6) is -0.903. The molecule has 0 aliphatic carbocycles. The van der Waals surface area contributed by atoms with Crippen LogP contribution in [0.3, 0.4) is 0 Å².